The molecule has 2 rings (SSSR count). The molecule has 0 saturated carbocycles. The van der Waals surface area contributed by atoms with Crippen LogP contribution in [0.4, 0.5) is 5.82 Å². The third kappa shape index (κ3) is 3.54. The molecule has 11 heteroatoms. The van der Waals surface area contributed by atoms with Crippen molar-refractivity contribution in [2.75, 3.05) is 18.2 Å². The lowest BCUT2D eigenvalue weighted by atomic mass is 9.98. The lowest BCUT2D eigenvalue weighted by Crippen LogP contribution is -2.60. The molecule has 0 radical (unpaired) electrons. The van der Waals surface area contributed by atoms with Crippen molar-refractivity contribution < 1.29 is 30.0 Å². The number of aliphatic hydroxyl groups excluding tert-OH is 4. The molecule has 10 nitrogen and oxygen atoms in total. The van der Waals surface area contributed by atoms with Crippen molar-refractivity contribution in [2.45, 2.75) is 35.8 Å². The summed E-state index contributed by atoms with van der Waals surface area (Å²) in [7, 11) is 0. The van der Waals surface area contributed by atoms with Crippen LogP contribution in [0, 0.1) is 0 Å². The summed E-state index contributed by atoms with van der Waals surface area (Å²) >= 11 is 1.13. The van der Waals surface area contributed by atoms with E-state index in [1.165, 1.54) is 0 Å². The van der Waals surface area contributed by atoms with Crippen LogP contribution in [-0.4, -0.2) is 80.2 Å². The molecule has 0 spiro atoms. The quantitative estimate of drug-likeness (QED) is 0.191. The van der Waals surface area contributed by atoms with Gasteiger partial charge in [0.15, 0.2) is 17.7 Å². The Kier molecular flexibility index (Phi) is 5.73. The highest BCUT2D eigenvalue weighted by atomic mass is 32.2. The minimum atomic E-state index is -1.58. The van der Waals surface area contributed by atoms with Crippen LogP contribution in [0.25, 0.3) is 0 Å². The Morgan fingerprint density at radius 1 is 1.35 bits per heavy atom. The lowest BCUT2D eigenvalue weighted by molar-refractivity contribution is -0.221. The second-order valence-electron chi connectivity index (χ2n) is 4.85. The largest absolute Gasteiger partial charge is 0.394 e. The van der Waals surface area contributed by atoms with Crippen LogP contribution >= 0.6 is 11.8 Å². The number of hydrogen-bond acceptors (Lipinski definition) is 10. The van der Waals surface area contributed by atoms with Gasteiger partial charge in [0.1, 0.15) is 35.8 Å². The molecule has 6 N–H and O–H groups in total. The average Bonchev–Trinajstić information content (AvgIpc) is 2.54. The first-order valence-electron chi connectivity index (χ1n) is 6.63. The molecule has 0 amide bonds. The van der Waals surface area contributed by atoms with E-state index in [0.717, 1.165) is 11.8 Å². The SMILES string of the molecule is CSc1nc(N[C@H]2O[C@@H](CO)[C@@H](O)[C@@H](O)[C@@H]2O)c(C=O)c(=O)[nH]1. The van der Waals surface area contributed by atoms with Crippen molar-refractivity contribution in [3.8, 4) is 0 Å². The maximum atomic E-state index is 11.8. The zero-order valence-corrected chi connectivity index (χ0v) is 12.9. The molecule has 1 aliphatic heterocycles. The normalized spacial score (nSPS) is 30.9. The van der Waals surface area contributed by atoms with E-state index >= 15 is 0 Å². The van der Waals surface area contributed by atoms with Crippen molar-refractivity contribution in [2.24, 2.45) is 0 Å². The average molecular weight is 347 g/mol. The number of H-pyrrole nitrogens is 1. The number of aromatic nitrogens is 2. The summed E-state index contributed by atoms with van der Waals surface area (Å²) in [6.07, 6.45) is -5.10. The van der Waals surface area contributed by atoms with E-state index in [0.29, 0.717) is 6.29 Å². The molecule has 23 heavy (non-hydrogen) atoms. The number of hydrogen-bond donors (Lipinski definition) is 6. The Bertz CT molecular complexity index is 623. The molecular weight excluding hydrogens is 330 g/mol. The minimum absolute atomic E-state index is 0.141. The van der Waals surface area contributed by atoms with Gasteiger partial charge in [-0.15, -0.1) is 0 Å². The molecule has 1 aromatic rings. The highest BCUT2D eigenvalue weighted by Gasteiger charge is 2.43. The van der Waals surface area contributed by atoms with Crippen LogP contribution in [0.1, 0.15) is 10.4 Å². The summed E-state index contributed by atoms with van der Waals surface area (Å²) in [5.41, 5.74) is -0.980. The lowest BCUT2D eigenvalue weighted by Gasteiger charge is -2.40. The fourth-order valence-electron chi connectivity index (χ4n) is 2.13. The maximum Gasteiger partial charge on any atom is 0.264 e. The molecule has 128 valence electrons. The highest BCUT2D eigenvalue weighted by molar-refractivity contribution is 7.98. The third-order valence-corrected chi connectivity index (χ3v) is 4.00. The van der Waals surface area contributed by atoms with Crippen molar-refractivity contribution in [3.63, 3.8) is 0 Å². The van der Waals surface area contributed by atoms with Gasteiger partial charge in [-0.1, -0.05) is 11.8 Å². The van der Waals surface area contributed by atoms with E-state index in [-0.39, 0.29) is 16.5 Å². The van der Waals surface area contributed by atoms with Crippen LogP contribution in [0.2, 0.25) is 0 Å². The Balaban J connectivity index is 2.32. The van der Waals surface area contributed by atoms with Crippen LogP contribution < -0.4 is 10.9 Å². The van der Waals surface area contributed by atoms with Gasteiger partial charge in [-0.05, 0) is 6.26 Å². The molecule has 1 fully saturated rings. The van der Waals surface area contributed by atoms with Crippen molar-refractivity contribution >= 4 is 23.9 Å². The van der Waals surface area contributed by atoms with E-state index < -0.39 is 42.8 Å². The number of rotatable bonds is 5. The first-order valence-corrected chi connectivity index (χ1v) is 7.86. The van der Waals surface area contributed by atoms with Gasteiger partial charge < -0.3 is 35.5 Å². The number of aliphatic hydroxyl groups is 4. The fraction of sp³-hybridized carbons (Fsp3) is 0.583. The number of anilines is 1. The van der Waals surface area contributed by atoms with E-state index in [4.69, 9.17) is 9.84 Å². The minimum Gasteiger partial charge on any atom is -0.394 e. The first-order chi connectivity index (χ1) is 10.9. The van der Waals surface area contributed by atoms with E-state index in [1.54, 1.807) is 6.26 Å². The van der Waals surface area contributed by atoms with Crippen LogP contribution in [0.15, 0.2) is 9.95 Å². The molecule has 0 unspecified atom stereocenters. The van der Waals surface area contributed by atoms with Gasteiger partial charge in [0.05, 0.1) is 6.61 Å². The molecule has 1 aromatic heterocycles. The van der Waals surface area contributed by atoms with E-state index in [1.807, 2.05) is 0 Å². The van der Waals surface area contributed by atoms with Crippen LogP contribution in [-0.2, 0) is 4.74 Å². The number of aldehydes is 1. The molecule has 1 saturated heterocycles. The first kappa shape index (κ1) is 17.8. The fourth-order valence-corrected chi connectivity index (χ4v) is 2.51. The number of ether oxygens (including phenoxy) is 1. The number of thioether (sulfide) groups is 1. The van der Waals surface area contributed by atoms with Crippen LogP contribution in [0.3, 0.4) is 0 Å². The Morgan fingerprint density at radius 3 is 2.61 bits per heavy atom. The van der Waals surface area contributed by atoms with Crippen molar-refractivity contribution in [1.82, 2.24) is 9.97 Å². The molecule has 1 aliphatic rings. The van der Waals surface area contributed by atoms with Gasteiger partial charge in [-0.2, -0.15) is 0 Å². The predicted molar refractivity (Wildman–Crippen MR) is 79.4 cm³/mol. The predicted octanol–water partition coefficient (Wildman–Crippen LogP) is -2.48. The smallest absolute Gasteiger partial charge is 0.264 e. The summed E-state index contributed by atoms with van der Waals surface area (Å²) in [5.74, 6) is -0.141. The standard InChI is InChI=1S/C12H17N3O7S/c1-23-12-14-9(4(2-16)10(21)15-12)13-11-8(20)7(19)6(18)5(3-17)22-11/h2,5-8,11,17-20H,3H2,1H3,(H2,13,14,15,21)/t5-,6+,7+,8-,11-/m0/s1. The molecule has 2 heterocycles. The van der Waals surface area contributed by atoms with Gasteiger partial charge in [0.25, 0.3) is 5.56 Å². The number of aromatic amines is 1. The van der Waals surface area contributed by atoms with E-state index in [9.17, 15) is 24.9 Å². The molecule has 0 aromatic carbocycles. The van der Waals surface area contributed by atoms with E-state index in [2.05, 4.69) is 15.3 Å². The number of carbonyl (C=O) groups is 1. The summed E-state index contributed by atoms with van der Waals surface area (Å²) < 4.78 is 5.25. The second kappa shape index (κ2) is 7.38. The van der Waals surface area contributed by atoms with Gasteiger partial charge in [-0.3, -0.25) is 9.59 Å². The Hall–Kier alpha value is -1.50. The van der Waals surface area contributed by atoms with Crippen molar-refractivity contribution in [3.05, 3.63) is 15.9 Å². The summed E-state index contributed by atoms with van der Waals surface area (Å²) in [4.78, 5) is 29.3. The maximum absolute atomic E-state index is 11.8. The van der Waals surface area contributed by atoms with Gasteiger partial charge in [0.2, 0.25) is 0 Å². The summed E-state index contributed by atoms with van der Waals surface area (Å²) in [5, 5.41) is 41.3. The molecule has 0 bridgehead atoms. The Labute approximate surface area is 134 Å². The monoisotopic (exact) mass is 347 g/mol. The topological polar surface area (TPSA) is 165 Å². The molecule has 0 aliphatic carbocycles. The zero-order chi connectivity index (χ0) is 17.1. The number of carbonyl (C=O) groups excluding carboxylic acids is 1. The van der Waals surface area contributed by atoms with Crippen LogP contribution in [0.5, 0.6) is 0 Å². The molecular formula is C12H17N3O7S. The third-order valence-electron chi connectivity index (χ3n) is 3.42. The van der Waals surface area contributed by atoms with Gasteiger partial charge in [-0.25, -0.2) is 4.98 Å². The van der Waals surface area contributed by atoms with Crippen molar-refractivity contribution in [1.29, 1.82) is 0 Å². The highest BCUT2D eigenvalue weighted by Crippen LogP contribution is 2.23. The summed E-state index contributed by atoms with van der Waals surface area (Å²) in [6.45, 7) is -0.595. The zero-order valence-electron chi connectivity index (χ0n) is 12.0. The number of nitrogens with zero attached hydrogens (tertiary/aromatic N) is 1. The van der Waals surface area contributed by atoms with Gasteiger partial charge >= 0.3 is 0 Å². The molecule has 5 atom stereocenters. The Morgan fingerprint density at radius 2 is 2.04 bits per heavy atom. The summed E-state index contributed by atoms with van der Waals surface area (Å²) in [6, 6.07) is 0. The number of nitrogens with one attached hydrogen (secondary N) is 2. The van der Waals surface area contributed by atoms with Gasteiger partial charge in [0, 0.05) is 0 Å². The second-order valence-corrected chi connectivity index (χ2v) is 5.64.